The van der Waals surface area contributed by atoms with Crippen molar-refractivity contribution in [3.63, 3.8) is 0 Å². The molecule has 4 nitrogen and oxygen atoms in total. The molecule has 0 aromatic carbocycles. The largest absolute Gasteiger partial charge is 0.384 e. The lowest BCUT2D eigenvalue weighted by atomic mass is 10.2. The molecule has 1 rings (SSSR count). The summed E-state index contributed by atoms with van der Waals surface area (Å²) in [6.45, 7) is 9.45. The molecule has 2 N–H and O–H groups in total. The van der Waals surface area contributed by atoms with E-state index in [9.17, 15) is 0 Å². The van der Waals surface area contributed by atoms with E-state index in [1.54, 1.807) is 0 Å². The Morgan fingerprint density at radius 1 is 1.11 bits per heavy atom. The van der Waals surface area contributed by atoms with E-state index in [0.29, 0.717) is 5.82 Å². The van der Waals surface area contributed by atoms with Crippen molar-refractivity contribution in [1.82, 2.24) is 14.9 Å². The normalized spacial score (nSPS) is 11.1. The maximum atomic E-state index is 5.77. The van der Waals surface area contributed by atoms with E-state index in [1.807, 2.05) is 13.0 Å². The van der Waals surface area contributed by atoms with Gasteiger partial charge in [-0.05, 0) is 32.9 Å². The van der Waals surface area contributed by atoms with E-state index in [0.717, 1.165) is 31.2 Å². The SMILES string of the molecule is CCCCN(CCCC)Cc1nc(C)cc(N)n1. The van der Waals surface area contributed by atoms with Crippen molar-refractivity contribution in [3.05, 3.63) is 17.6 Å². The molecule has 4 heteroatoms. The third kappa shape index (κ3) is 5.45. The highest BCUT2D eigenvalue weighted by Crippen LogP contribution is 2.07. The first-order chi connectivity index (χ1) is 8.65. The maximum Gasteiger partial charge on any atom is 0.144 e. The van der Waals surface area contributed by atoms with Gasteiger partial charge in [-0.1, -0.05) is 26.7 Å². The summed E-state index contributed by atoms with van der Waals surface area (Å²) in [5.74, 6) is 1.42. The Hall–Kier alpha value is -1.16. The molecule has 0 unspecified atom stereocenters. The predicted octanol–water partition coefficient (Wildman–Crippen LogP) is 2.77. The van der Waals surface area contributed by atoms with E-state index < -0.39 is 0 Å². The molecule has 0 aliphatic rings. The number of rotatable bonds is 8. The maximum absolute atomic E-state index is 5.77. The third-order valence-electron chi connectivity index (χ3n) is 2.94. The summed E-state index contributed by atoms with van der Waals surface area (Å²) in [6, 6.07) is 1.81. The second-order valence-corrected chi connectivity index (χ2v) is 4.83. The molecule has 102 valence electrons. The molecule has 0 saturated carbocycles. The molecule has 0 aliphatic heterocycles. The van der Waals surface area contributed by atoms with Gasteiger partial charge in [0, 0.05) is 11.8 Å². The van der Waals surface area contributed by atoms with Gasteiger partial charge >= 0.3 is 0 Å². The van der Waals surface area contributed by atoms with Crippen molar-refractivity contribution in [2.24, 2.45) is 0 Å². The average molecular weight is 250 g/mol. The third-order valence-corrected chi connectivity index (χ3v) is 2.94. The van der Waals surface area contributed by atoms with Crippen LogP contribution < -0.4 is 5.73 Å². The second-order valence-electron chi connectivity index (χ2n) is 4.83. The Morgan fingerprint density at radius 2 is 1.72 bits per heavy atom. The van der Waals surface area contributed by atoms with Gasteiger partial charge in [0.05, 0.1) is 6.54 Å². The van der Waals surface area contributed by atoms with Crippen molar-refractivity contribution < 1.29 is 0 Å². The standard InChI is InChI=1S/C14H26N4/c1-4-6-8-18(9-7-5-2)11-14-16-12(3)10-13(15)17-14/h10H,4-9,11H2,1-3H3,(H2,15,16,17). The summed E-state index contributed by atoms with van der Waals surface area (Å²) >= 11 is 0. The van der Waals surface area contributed by atoms with Crippen molar-refractivity contribution in [1.29, 1.82) is 0 Å². The quantitative estimate of drug-likeness (QED) is 0.771. The molecule has 18 heavy (non-hydrogen) atoms. The first kappa shape index (κ1) is 14.9. The van der Waals surface area contributed by atoms with Crippen LogP contribution in [-0.4, -0.2) is 28.0 Å². The summed E-state index contributed by atoms with van der Waals surface area (Å²) in [5.41, 5.74) is 6.71. The van der Waals surface area contributed by atoms with Gasteiger partial charge < -0.3 is 5.73 Å². The van der Waals surface area contributed by atoms with E-state index in [1.165, 1.54) is 25.7 Å². The lowest BCUT2D eigenvalue weighted by molar-refractivity contribution is 0.251. The van der Waals surface area contributed by atoms with Crippen LogP contribution in [0.25, 0.3) is 0 Å². The number of nitrogen functional groups attached to an aromatic ring is 1. The summed E-state index contributed by atoms with van der Waals surface area (Å²) in [5, 5.41) is 0. The Kier molecular flexibility index (Phi) is 6.65. The van der Waals surface area contributed by atoms with Gasteiger partial charge in [-0.3, -0.25) is 4.90 Å². The Bertz CT molecular complexity index is 323. The molecule has 0 saturated heterocycles. The average Bonchev–Trinajstić information content (AvgIpc) is 2.31. The zero-order valence-electron chi connectivity index (χ0n) is 11.9. The highest BCUT2D eigenvalue weighted by atomic mass is 15.1. The van der Waals surface area contributed by atoms with E-state index in [4.69, 9.17) is 5.73 Å². The molecular weight excluding hydrogens is 224 g/mol. The zero-order chi connectivity index (χ0) is 13.4. The molecule has 1 heterocycles. The van der Waals surface area contributed by atoms with Crippen LogP contribution in [0.15, 0.2) is 6.07 Å². The predicted molar refractivity (Wildman–Crippen MR) is 76.3 cm³/mol. The van der Waals surface area contributed by atoms with Gasteiger partial charge in [0.15, 0.2) is 0 Å². The van der Waals surface area contributed by atoms with Gasteiger partial charge in [0.2, 0.25) is 0 Å². The molecule has 1 aromatic heterocycles. The van der Waals surface area contributed by atoms with Gasteiger partial charge in [0.1, 0.15) is 11.6 Å². The first-order valence-corrected chi connectivity index (χ1v) is 6.98. The van der Waals surface area contributed by atoms with Crippen LogP contribution in [0.3, 0.4) is 0 Å². The number of anilines is 1. The summed E-state index contributed by atoms with van der Waals surface area (Å²) in [4.78, 5) is 11.2. The summed E-state index contributed by atoms with van der Waals surface area (Å²) < 4.78 is 0. The number of nitrogens with zero attached hydrogens (tertiary/aromatic N) is 3. The van der Waals surface area contributed by atoms with E-state index >= 15 is 0 Å². The van der Waals surface area contributed by atoms with E-state index in [2.05, 4.69) is 28.7 Å². The van der Waals surface area contributed by atoms with Crippen LogP contribution in [0.5, 0.6) is 0 Å². The zero-order valence-corrected chi connectivity index (χ0v) is 11.9. The van der Waals surface area contributed by atoms with E-state index in [-0.39, 0.29) is 0 Å². The van der Waals surface area contributed by atoms with Gasteiger partial charge in [0.25, 0.3) is 0 Å². The van der Waals surface area contributed by atoms with Crippen molar-refractivity contribution >= 4 is 5.82 Å². The molecule has 0 amide bonds. The van der Waals surface area contributed by atoms with Crippen LogP contribution in [-0.2, 0) is 6.54 Å². The molecule has 0 bridgehead atoms. The minimum Gasteiger partial charge on any atom is -0.384 e. The van der Waals surface area contributed by atoms with Crippen molar-refractivity contribution in [2.75, 3.05) is 18.8 Å². The Morgan fingerprint density at radius 3 is 2.22 bits per heavy atom. The number of nitrogens with two attached hydrogens (primary N) is 1. The van der Waals surface area contributed by atoms with Crippen LogP contribution >= 0.6 is 0 Å². The Labute approximate surface area is 111 Å². The molecule has 0 atom stereocenters. The molecule has 0 spiro atoms. The fourth-order valence-corrected chi connectivity index (χ4v) is 1.96. The second kappa shape index (κ2) is 8.03. The molecule has 1 aromatic rings. The lowest BCUT2D eigenvalue weighted by Gasteiger charge is -2.21. The molecule has 0 radical (unpaired) electrons. The highest BCUT2D eigenvalue weighted by molar-refractivity contribution is 5.29. The Balaban J connectivity index is 2.62. The topological polar surface area (TPSA) is 55.0 Å². The fraction of sp³-hybridized carbons (Fsp3) is 0.714. The smallest absolute Gasteiger partial charge is 0.144 e. The number of unbranched alkanes of at least 4 members (excludes halogenated alkanes) is 2. The fourth-order valence-electron chi connectivity index (χ4n) is 1.96. The monoisotopic (exact) mass is 250 g/mol. The van der Waals surface area contributed by atoms with Crippen LogP contribution in [0.1, 0.15) is 51.0 Å². The van der Waals surface area contributed by atoms with Crippen LogP contribution in [0.2, 0.25) is 0 Å². The minimum atomic E-state index is 0.573. The van der Waals surface area contributed by atoms with Gasteiger partial charge in [-0.25, -0.2) is 9.97 Å². The summed E-state index contributed by atoms with van der Waals surface area (Å²) in [7, 11) is 0. The van der Waals surface area contributed by atoms with Crippen molar-refractivity contribution in [3.8, 4) is 0 Å². The number of aryl methyl sites for hydroxylation is 1. The van der Waals surface area contributed by atoms with Gasteiger partial charge in [-0.15, -0.1) is 0 Å². The van der Waals surface area contributed by atoms with Crippen LogP contribution in [0, 0.1) is 6.92 Å². The van der Waals surface area contributed by atoms with Crippen LogP contribution in [0.4, 0.5) is 5.82 Å². The highest BCUT2D eigenvalue weighted by Gasteiger charge is 2.08. The van der Waals surface area contributed by atoms with Gasteiger partial charge in [-0.2, -0.15) is 0 Å². The molecule has 0 aliphatic carbocycles. The lowest BCUT2D eigenvalue weighted by Crippen LogP contribution is -2.26. The first-order valence-electron chi connectivity index (χ1n) is 6.98. The van der Waals surface area contributed by atoms with Crippen molar-refractivity contribution in [2.45, 2.75) is 53.0 Å². The molecular formula is C14H26N4. The molecule has 0 fully saturated rings. The summed E-state index contributed by atoms with van der Waals surface area (Å²) in [6.07, 6.45) is 4.90. The number of hydrogen-bond donors (Lipinski definition) is 1. The minimum absolute atomic E-state index is 0.573. The number of hydrogen-bond acceptors (Lipinski definition) is 4. The number of aromatic nitrogens is 2.